The number of ether oxygens (including phenoxy) is 1. The van der Waals surface area contributed by atoms with E-state index in [-0.39, 0.29) is 6.10 Å². The van der Waals surface area contributed by atoms with Gasteiger partial charge in [0.05, 0.1) is 41.9 Å². The zero-order valence-electron chi connectivity index (χ0n) is 18.5. The molecule has 2 N–H and O–H groups in total. The number of hydrogen-bond acceptors (Lipinski definition) is 7. The zero-order valence-corrected chi connectivity index (χ0v) is 18.5. The molecular weight excluding hydrogens is 416 g/mol. The van der Waals surface area contributed by atoms with Gasteiger partial charge in [0.25, 0.3) is 0 Å². The normalized spacial score (nSPS) is 20.6. The second-order valence-electron chi connectivity index (χ2n) is 8.99. The van der Waals surface area contributed by atoms with Crippen molar-refractivity contribution in [2.75, 3.05) is 11.9 Å². The summed E-state index contributed by atoms with van der Waals surface area (Å²) in [6.07, 6.45) is 12.4. The van der Waals surface area contributed by atoms with Crippen LogP contribution in [0.2, 0.25) is 0 Å². The number of aliphatic hydroxyl groups excluding tert-OH is 1. The van der Waals surface area contributed by atoms with Crippen LogP contribution in [-0.2, 0) is 0 Å². The van der Waals surface area contributed by atoms with Crippen molar-refractivity contribution in [1.29, 1.82) is 5.26 Å². The maximum Gasteiger partial charge on any atom is 0.227 e. The van der Waals surface area contributed by atoms with E-state index in [9.17, 15) is 10.4 Å². The Morgan fingerprint density at radius 1 is 1.15 bits per heavy atom. The molecule has 0 spiro atoms. The van der Waals surface area contributed by atoms with Crippen molar-refractivity contribution in [1.82, 2.24) is 19.7 Å². The Balaban J connectivity index is 1.28. The Morgan fingerprint density at radius 2 is 2.00 bits per heavy atom. The third-order valence-corrected chi connectivity index (χ3v) is 6.65. The van der Waals surface area contributed by atoms with Gasteiger partial charge < -0.3 is 15.2 Å². The van der Waals surface area contributed by atoms with E-state index in [1.165, 1.54) is 19.3 Å². The van der Waals surface area contributed by atoms with Gasteiger partial charge in [-0.25, -0.2) is 9.97 Å². The molecule has 5 rings (SSSR count). The zero-order chi connectivity index (χ0) is 22.6. The fourth-order valence-corrected chi connectivity index (χ4v) is 4.40. The summed E-state index contributed by atoms with van der Waals surface area (Å²) >= 11 is 0. The van der Waals surface area contributed by atoms with Gasteiger partial charge in [-0.15, -0.1) is 0 Å². The van der Waals surface area contributed by atoms with Gasteiger partial charge in [-0.1, -0.05) is 6.42 Å². The van der Waals surface area contributed by atoms with Crippen LogP contribution in [0.3, 0.4) is 0 Å². The molecule has 2 saturated carbocycles. The van der Waals surface area contributed by atoms with E-state index in [2.05, 4.69) is 26.5 Å². The molecule has 8 heteroatoms. The largest absolute Gasteiger partial charge is 0.492 e. The highest BCUT2D eigenvalue weighted by Crippen LogP contribution is 2.31. The second kappa shape index (κ2) is 9.59. The summed E-state index contributed by atoms with van der Waals surface area (Å²) < 4.78 is 7.85. The Bertz CT molecular complexity index is 1140. The van der Waals surface area contributed by atoms with Crippen LogP contribution >= 0.6 is 0 Å². The number of nitrogens with zero attached hydrogens (tertiary/aromatic N) is 5. The lowest BCUT2D eigenvalue weighted by atomic mass is 9.86. The van der Waals surface area contributed by atoms with Crippen molar-refractivity contribution in [3.63, 3.8) is 0 Å². The molecule has 170 valence electrons. The standard InChI is InChI=1S/C25H28N6O2/c26-13-19-12-18(4-9-24(19)33-16-17-2-1-3-17)23-10-11-27-25(30-23)29-20-14-28-31(15-20)21-5-7-22(32)8-6-21/h4,9-12,14-15,17,21-22,32H,1-3,5-8,16H2,(H,27,29,30). The molecule has 0 atom stereocenters. The number of rotatable bonds is 7. The Morgan fingerprint density at radius 3 is 2.76 bits per heavy atom. The van der Waals surface area contributed by atoms with Crippen LogP contribution in [0.25, 0.3) is 11.3 Å². The van der Waals surface area contributed by atoms with Crippen LogP contribution in [0, 0.1) is 17.2 Å². The highest BCUT2D eigenvalue weighted by molar-refractivity contribution is 5.65. The number of hydrogen-bond donors (Lipinski definition) is 2. The smallest absolute Gasteiger partial charge is 0.227 e. The van der Waals surface area contributed by atoms with Gasteiger partial charge in [-0.2, -0.15) is 10.4 Å². The summed E-state index contributed by atoms with van der Waals surface area (Å²) in [4.78, 5) is 8.96. The van der Waals surface area contributed by atoms with Gasteiger partial charge >= 0.3 is 0 Å². The summed E-state index contributed by atoms with van der Waals surface area (Å²) in [6, 6.07) is 9.98. The van der Waals surface area contributed by atoms with Crippen molar-refractivity contribution in [2.45, 2.75) is 57.1 Å². The van der Waals surface area contributed by atoms with Crippen LogP contribution in [0.5, 0.6) is 5.75 Å². The lowest BCUT2D eigenvalue weighted by Gasteiger charge is -2.25. The Labute approximate surface area is 193 Å². The molecule has 2 fully saturated rings. The van der Waals surface area contributed by atoms with Crippen LogP contribution in [-0.4, -0.2) is 37.6 Å². The SMILES string of the molecule is N#Cc1cc(-c2ccnc(Nc3cnn(C4CCC(O)CC4)c3)n2)ccc1OCC1CCC1. The van der Waals surface area contributed by atoms with E-state index in [0.29, 0.717) is 35.8 Å². The van der Waals surface area contributed by atoms with Crippen molar-refractivity contribution >= 4 is 11.6 Å². The first-order chi connectivity index (χ1) is 16.2. The predicted octanol–water partition coefficient (Wildman–Crippen LogP) is 4.61. The molecule has 3 aromatic rings. The minimum atomic E-state index is -0.185. The number of nitrogens with one attached hydrogen (secondary N) is 1. The van der Waals surface area contributed by atoms with Crippen molar-refractivity contribution in [2.24, 2.45) is 5.92 Å². The number of nitriles is 1. The fraction of sp³-hybridized carbons (Fsp3) is 0.440. The molecule has 0 bridgehead atoms. The molecule has 33 heavy (non-hydrogen) atoms. The molecular formula is C25H28N6O2. The minimum Gasteiger partial charge on any atom is -0.492 e. The molecule has 2 aromatic heterocycles. The van der Waals surface area contributed by atoms with E-state index in [4.69, 9.17) is 4.74 Å². The molecule has 0 unspecified atom stereocenters. The number of aliphatic hydroxyl groups is 1. The second-order valence-corrected chi connectivity index (χ2v) is 8.99. The topological polar surface area (TPSA) is 109 Å². The molecule has 2 heterocycles. The molecule has 0 aliphatic heterocycles. The maximum atomic E-state index is 9.72. The molecule has 8 nitrogen and oxygen atoms in total. The third-order valence-electron chi connectivity index (χ3n) is 6.65. The van der Waals surface area contributed by atoms with Gasteiger partial charge in [0.15, 0.2) is 0 Å². The van der Waals surface area contributed by atoms with Crippen LogP contribution < -0.4 is 10.1 Å². The van der Waals surface area contributed by atoms with Crippen molar-refractivity contribution in [3.8, 4) is 23.1 Å². The molecule has 0 saturated heterocycles. The number of benzene rings is 1. The van der Waals surface area contributed by atoms with E-state index in [1.807, 2.05) is 35.1 Å². The van der Waals surface area contributed by atoms with E-state index in [0.717, 1.165) is 42.6 Å². The van der Waals surface area contributed by atoms with Crippen LogP contribution in [0.15, 0.2) is 42.9 Å². The minimum absolute atomic E-state index is 0.185. The van der Waals surface area contributed by atoms with Gasteiger partial charge in [-0.3, -0.25) is 4.68 Å². The van der Waals surface area contributed by atoms with Gasteiger partial charge in [0, 0.05) is 18.0 Å². The van der Waals surface area contributed by atoms with E-state index >= 15 is 0 Å². The summed E-state index contributed by atoms with van der Waals surface area (Å²) in [5.41, 5.74) is 2.89. The van der Waals surface area contributed by atoms with E-state index < -0.39 is 0 Å². The van der Waals surface area contributed by atoms with Gasteiger partial charge in [0.1, 0.15) is 11.8 Å². The lowest BCUT2D eigenvalue weighted by molar-refractivity contribution is 0.108. The molecule has 1 aromatic carbocycles. The molecule has 0 amide bonds. The summed E-state index contributed by atoms with van der Waals surface area (Å²) in [7, 11) is 0. The first-order valence-corrected chi connectivity index (χ1v) is 11.7. The van der Waals surface area contributed by atoms with Crippen molar-refractivity contribution < 1.29 is 9.84 Å². The highest BCUT2D eigenvalue weighted by atomic mass is 16.5. The molecule has 2 aliphatic carbocycles. The van der Waals surface area contributed by atoms with E-state index in [1.54, 1.807) is 12.4 Å². The van der Waals surface area contributed by atoms with Crippen LogP contribution in [0.4, 0.5) is 11.6 Å². The van der Waals surface area contributed by atoms with Crippen molar-refractivity contribution in [3.05, 3.63) is 48.4 Å². The summed E-state index contributed by atoms with van der Waals surface area (Å²) in [6.45, 7) is 0.671. The highest BCUT2D eigenvalue weighted by Gasteiger charge is 2.21. The average Bonchev–Trinajstić information content (AvgIpc) is 3.27. The fourth-order valence-electron chi connectivity index (χ4n) is 4.40. The summed E-state index contributed by atoms with van der Waals surface area (Å²) in [5, 5.41) is 27.0. The van der Waals surface area contributed by atoms with Crippen LogP contribution in [0.1, 0.15) is 56.6 Å². The third kappa shape index (κ3) is 4.99. The van der Waals surface area contributed by atoms with Gasteiger partial charge in [-0.05, 0) is 68.7 Å². The van der Waals surface area contributed by atoms with Gasteiger partial charge in [0.2, 0.25) is 5.95 Å². The number of aromatic nitrogens is 4. The molecule has 2 aliphatic rings. The average molecular weight is 445 g/mol. The Kier molecular flexibility index (Phi) is 6.22. The Hall–Kier alpha value is -3.44. The quantitative estimate of drug-likeness (QED) is 0.548. The first kappa shape index (κ1) is 21.4. The maximum absolute atomic E-state index is 9.72. The summed E-state index contributed by atoms with van der Waals surface area (Å²) in [5.74, 6) is 1.71. The lowest BCUT2D eigenvalue weighted by Crippen LogP contribution is -2.21. The first-order valence-electron chi connectivity index (χ1n) is 11.7. The monoisotopic (exact) mass is 444 g/mol. The molecule has 0 radical (unpaired) electrons. The number of anilines is 2. The predicted molar refractivity (Wildman–Crippen MR) is 124 cm³/mol.